The van der Waals surface area contributed by atoms with Gasteiger partial charge in [-0.2, -0.15) is 5.26 Å². The van der Waals surface area contributed by atoms with Crippen molar-refractivity contribution in [1.29, 1.82) is 5.26 Å². The third-order valence-electron chi connectivity index (χ3n) is 1.62. The Morgan fingerprint density at radius 1 is 1.50 bits per heavy atom. The van der Waals surface area contributed by atoms with Gasteiger partial charge in [-0.25, -0.2) is 0 Å². The van der Waals surface area contributed by atoms with Crippen molar-refractivity contribution in [2.45, 2.75) is 0 Å². The van der Waals surface area contributed by atoms with E-state index in [0.717, 1.165) is 5.56 Å². The molecule has 0 atom stereocenters. The molecule has 0 radical (unpaired) electrons. The SMILES string of the molecule is COCC#Cc1ccc(C#N)cc1N. The minimum Gasteiger partial charge on any atom is -0.398 e. The van der Waals surface area contributed by atoms with Crippen molar-refractivity contribution in [3.63, 3.8) is 0 Å². The molecule has 0 saturated heterocycles. The number of ether oxygens (including phenoxy) is 1. The van der Waals surface area contributed by atoms with E-state index in [1.165, 1.54) is 0 Å². The van der Waals surface area contributed by atoms with Crippen LogP contribution in [0.5, 0.6) is 0 Å². The van der Waals surface area contributed by atoms with Crippen molar-refractivity contribution in [3.8, 4) is 17.9 Å². The van der Waals surface area contributed by atoms with Crippen molar-refractivity contribution in [3.05, 3.63) is 29.3 Å². The average molecular weight is 186 g/mol. The Morgan fingerprint density at radius 3 is 2.86 bits per heavy atom. The lowest BCUT2D eigenvalue weighted by atomic mass is 10.1. The molecule has 0 saturated carbocycles. The first-order valence-electron chi connectivity index (χ1n) is 4.05. The van der Waals surface area contributed by atoms with Gasteiger partial charge >= 0.3 is 0 Å². The van der Waals surface area contributed by atoms with E-state index in [4.69, 9.17) is 15.7 Å². The second-order valence-corrected chi connectivity index (χ2v) is 2.65. The Labute approximate surface area is 83.1 Å². The molecule has 1 aromatic rings. The normalized spacial score (nSPS) is 8.57. The highest BCUT2D eigenvalue weighted by Gasteiger charge is 1.96. The zero-order valence-corrected chi connectivity index (χ0v) is 7.87. The maximum atomic E-state index is 8.61. The zero-order valence-electron chi connectivity index (χ0n) is 7.87. The molecule has 70 valence electrons. The molecule has 0 bridgehead atoms. The summed E-state index contributed by atoms with van der Waals surface area (Å²) >= 11 is 0. The second kappa shape index (κ2) is 4.91. The standard InChI is InChI=1S/C11H10N2O/c1-14-6-2-3-10-5-4-9(8-12)7-11(10)13/h4-5,7H,6,13H2,1H3. The summed E-state index contributed by atoms with van der Waals surface area (Å²) in [4.78, 5) is 0. The number of nitrogens with zero attached hydrogens (tertiary/aromatic N) is 1. The first-order chi connectivity index (χ1) is 6.77. The molecule has 3 heteroatoms. The highest BCUT2D eigenvalue weighted by molar-refractivity contribution is 5.59. The number of hydrogen-bond acceptors (Lipinski definition) is 3. The average Bonchev–Trinajstić information content (AvgIpc) is 2.20. The number of nitrogens with two attached hydrogens (primary N) is 1. The van der Waals surface area contributed by atoms with Gasteiger partial charge in [0.2, 0.25) is 0 Å². The van der Waals surface area contributed by atoms with E-state index >= 15 is 0 Å². The van der Waals surface area contributed by atoms with Gasteiger partial charge in [-0.15, -0.1) is 0 Å². The van der Waals surface area contributed by atoms with Crippen molar-refractivity contribution in [2.75, 3.05) is 19.5 Å². The van der Waals surface area contributed by atoms with Crippen molar-refractivity contribution < 1.29 is 4.74 Å². The number of anilines is 1. The molecule has 2 N–H and O–H groups in total. The van der Waals surface area contributed by atoms with Gasteiger partial charge in [0.15, 0.2) is 0 Å². The van der Waals surface area contributed by atoms with E-state index < -0.39 is 0 Å². The minimum absolute atomic E-state index is 0.374. The number of rotatable bonds is 1. The molecule has 0 aliphatic heterocycles. The second-order valence-electron chi connectivity index (χ2n) is 2.65. The van der Waals surface area contributed by atoms with E-state index in [0.29, 0.717) is 17.9 Å². The summed E-state index contributed by atoms with van der Waals surface area (Å²) in [6.45, 7) is 0.374. The van der Waals surface area contributed by atoms with Gasteiger partial charge in [0.25, 0.3) is 0 Å². The molecular weight excluding hydrogens is 176 g/mol. The van der Waals surface area contributed by atoms with Crippen LogP contribution in [0.15, 0.2) is 18.2 Å². The molecule has 14 heavy (non-hydrogen) atoms. The first-order valence-corrected chi connectivity index (χ1v) is 4.05. The van der Waals surface area contributed by atoms with Crippen LogP contribution >= 0.6 is 0 Å². The molecule has 0 fully saturated rings. The lowest BCUT2D eigenvalue weighted by Gasteiger charge is -1.97. The van der Waals surface area contributed by atoms with Crippen molar-refractivity contribution in [1.82, 2.24) is 0 Å². The number of benzene rings is 1. The number of hydrogen-bond donors (Lipinski definition) is 1. The summed E-state index contributed by atoms with van der Waals surface area (Å²) in [7, 11) is 1.58. The zero-order chi connectivity index (χ0) is 10.4. The summed E-state index contributed by atoms with van der Waals surface area (Å²) in [5, 5.41) is 8.61. The Kier molecular flexibility index (Phi) is 3.55. The van der Waals surface area contributed by atoms with E-state index in [9.17, 15) is 0 Å². The van der Waals surface area contributed by atoms with Crippen LogP contribution in [0.1, 0.15) is 11.1 Å². The fourth-order valence-electron chi connectivity index (χ4n) is 0.950. The molecule has 0 heterocycles. The predicted molar refractivity (Wildman–Crippen MR) is 54.3 cm³/mol. The van der Waals surface area contributed by atoms with Crippen LogP contribution in [0, 0.1) is 23.2 Å². The van der Waals surface area contributed by atoms with Crippen molar-refractivity contribution >= 4 is 5.69 Å². The monoisotopic (exact) mass is 186 g/mol. The fraction of sp³-hybridized carbons (Fsp3) is 0.182. The molecule has 0 amide bonds. The molecule has 0 aliphatic rings. The summed E-state index contributed by atoms with van der Waals surface area (Å²) in [5.41, 5.74) is 7.47. The van der Waals surface area contributed by atoms with Crippen LogP contribution in [0.4, 0.5) is 5.69 Å². The largest absolute Gasteiger partial charge is 0.398 e. The van der Waals surface area contributed by atoms with Gasteiger partial charge in [0.1, 0.15) is 6.61 Å². The van der Waals surface area contributed by atoms with Crippen LogP contribution in [0.3, 0.4) is 0 Å². The van der Waals surface area contributed by atoms with Gasteiger partial charge in [-0.3, -0.25) is 0 Å². The molecular formula is C11H10N2O. The van der Waals surface area contributed by atoms with Crippen LogP contribution in [0.25, 0.3) is 0 Å². The fourth-order valence-corrected chi connectivity index (χ4v) is 0.950. The van der Waals surface area contributed by atoms with E-state index in [2.05, 4.69) is 11.8 Å². The minimum atomic E-state index is 0.374. The lowest BCUT2D eigenvalue weighted by Crippen LogP contribution is -1.91. The number of nitriles is 1. The highest BCUT2D eigenvalue weighted by atomic mass is 16.5. The molecule has 0 aromatic heterocycles. The van der Waals surface area contributed by atoms with Crippen molar-refractivity contribution in [2.24, 2.45) is 0 Å². The molecule has 3 nitrogen and oxygen atoms in total. The number of methoxy groups -OCH3 is 1. The van der Waals surface area contributed by atoms with Gasteiger partial charge in [-0.1, -0.05) is 11.8 Å². The van der Waals surface area contributed by atoms with Crippen LogP contribution in [0.2, 0.25) is 0 Å². The summed E-state index contributed by atoms with van der Waals surface area (Å²) in [6, 6.07) is 7.04. The maximum absolute atomic E-state index is 8.61. The predicted octanol–water partition coefficient (Wildman–Crippen LogP) is 1.14. The lowest BCUT2D eigenvalue weighted by molar-refractivity contribution is 0.240. The van der Waals surface area contributed by atoms with E-state index in [1.807, 2.05) is 6.07 Å². The van der Waals surface area contributed by atoms with Gasteiger partial charge < -0.3 is 10.5 Å². The highest BCUT2D eigenvalue weighted by Crippen LogP contribution is 2.12. The summed E-state index contributed by atoms with van der Waals surface area (Å²) in [6.07, 6.45) is 0. The topological polar surface area (TPSA) is 59.0 Å². The maximum Gasteiger partial charge on any atom is 0.107 e. The Bertz CT molecular complexity index is 421. The van der Waals surface area contributed by atoms with Gasteiger partial charge in [-0.05, 0) is 18.2 Å². The molecule has 0 unspecified atom stereocenters. The van der Waals surface area contributed by atoms with E-state index in [1.54, 1.807) is 25.3 Å². The summed E-state index contributed by atoms with van der Waals surface area (Å²) < 4.78 is 4.78. The quantitative estimate of drug-likeness (QED) is 0.528. The molecule has 1 aromatic carbocycles. The van der Waals surface area contributed by atoms with Crippen LogP contribution in [-0.2, 0) is 4.74 Å². The Balaban J connectivity index is 2.92. The van der Waals surface area contributed by atoms with Crippen LogP contribution < -0.4 is 5.73 Å². The Hall–Kier alpha value is -1.97. The third kappa shape index (κ3) is 2.52. The molecule has 0 aliphatic carbocycles. The third-order valence-corrected chi connectivity index (χ3v) is 1.62. The Morgan fingerprint density at radius 2 is 2.29 bits per heavy atom. The molecule has 1 rings (SSSR count). The smallest absolute Gasteiger partial charge is 0.107 e. The van der Waals surface area contributed by atoms with E-state index in [-0.39, 0.29) is 0 Å². The van der Waals surface area contributed by atoms with Gasteiger partial charge in [0.05, 0.1) is 11.6 Å². The molecule has 0 spiro atoms. The van der Waals surface area contributed by atoms with Crippen LogP contribution in [-0.4, -0.2) is 13.7 Å². The summed E-state index contributed by atoms with van der Waals surface area (Å²) in [5.74, 6) is 5.65. The first kappa shape index (κ1) is 10.1. The van der Waals surface area contributed by atoms with Gasteiger partial charge in [0, 0.05) is 18.4 Å². The number of nitrogen functional groups attached to an aromatic ring is 1.